The van der Waals surface area contributed by atoms with E-state index in [0.717, 1.165) is 12.8 Å². The normalized spacial score (nSPS) is 11.5. The Morgan fingerprint density at radius 1 is 1.09 bits per heavy atom. The second kappa shape index (κ2) is 16.9. The van der Waals surface area contributed by atoms with E-state index in [2.05, 4.69) is 35.4 Å². The van der Waals surface area contributed by atoms with Crippen molar-refractivity contribution in [3.8, 4) is 0 Å². The first-order valence-electron chi connectivity index (χ1n) is 11.7. The van der Waals surface area contributed by atoms with Crippen LogP contribution in [0.3, 0.4) is 0 Å². The van der Waals surface area contributed by atoms with Crippen molar-refractivity contribution in [2.75, 3.05) is 25.6 Å². The van der Waals surface area contributed by atoms with Gasteiger partial charge in [-0.1, -0.05) is 32.0 Å². The lowest BCUT2D eigenvalue weighted by molar-refractivity contribution is -0.146. The lowest BCUT2D eigenvalue weighted by atomic mass is 10.1. The number of hydrogen-bond acceptors (Lipinski definition) is 6. The number of benzene rings is 1. The summed E-state index contributed by atoms with van der Waals surface area (Å²) < 4.78 is 9.94. The molecule has 34 heavy (non-hydrogen) atoms. The number of nitrogens with one attached hydrogen (secondary N) is 2. The fraction of sp³-hybridized carbons (Fsp3) is 0.560. The van der Waals surface area contributed by atoms with Gasteiger partial charge in [0.1, 0.15) is 12.6 Å². The SMILES string of the molecule is CC(C)CCOC(=O)C(N)CCC(=O)NCC(=O)OCCCCCl.Cc1c[nH]c2ccccc12. The van der Waals surface area contributed by atoms with Crippen LogP contribution in [0.2, 0.25) is 0 Å². The molecule has 190 valence electrons. The maximum absolute atomic E-state index is 11.6. The Labute approximate surface area is 206 Å². The van der Waals surface area contributed by atoms with E-state index in [9.17, 15) is 14.4 Å². The third-order valence-electron chi connectivity index (χ3n) is 4.94. The number of aryl methyl sites for hydroxylation is 1. The third-order valence-corrected chi connectivity index (χ3v) is 5.21. The molecular formula is C25H38ClN3O5. The van der Waals surface area contributed by atoms with Gasteiger partial charge in [-0.3, -0.25) is 14.4 Å². The van der Waals surface area contributed by atoms with Crippen LogP contribution >= 0.6 is 11.6 Å². The van der Waals surface area contributed by atoms with E-state index < -0.39 is 18.0 Å². The zero-order valence-corrected chi connectivity index (χ0v) is 21.2. The van der Waals surface area contributed by atoms with E-state index >= 15 is 0 Å². The molecule has 0 bridgehead atoms. The zero-order chi connectivity index (χ0) is 25.3. The van der Waals surface area contributed by atoms with Crippen LogP contribution in [0.1, 0.15) is 51.5 Å². The van der Waals surface area contributed by atoms with Crippen LogP contribution in [0.15, 0.2) is 30.5 Å². The number of para-hydroxylation sites is 1. The number of aromatic nitrogens is 1. The first kappa shape index (κ1) is 29.5. The topological polar surface area (TPSA) is 124 Å². The van der Waals surface area contributed by atoms with Crippen molar-refractivity contribution in [3.63, 3.8) is 0 Å². The van der Waals surface area contributed by atoms with Gasteiger partial charge in [0.2, 0.25) is 5.91 Å². The van der Waals surface area contributed by atoms with E-state index in [1.165, 1.54) is 16.5 Å². The van der Waals surface area contributed by atoms with Crippen LogP contribution in [0.5, 0.6) is 0 Å². The number of amides is 1. The molecule has 0 spiro atoms. The molecule has 0 aliphatic rings. The van der Waals surface area contributed by atoms with Gasteiger partial charge in [-0.25, -0.2) is 0 Å². The molecule has 0 aliphatic carbocycles. The van der Waals surface area contributed by atoms with Crippen molar-refractivity contribution >= 4 is 40.3 Å². The largest absolute Gasteiger partial charge is 0.465 e. The number of carbonyl (C=O) groups excluding carboxylic acids is 3. The summed E-state index contributed by atoms with van der Waals surface area (Å²) in [5.41, 5.74) is 8.21. The van der Waals surface area contributed by atoms with E-state index in [0.29, 0.717) is 24.8 Å². The molecule has 0 radical (unpaired) electrons. The number of aromatic amines is 1. The molecule has 0 saturated heterocycles. The minimum Gasteiger partial charge on any atom is -0.465 e. The molecule has 1 aromatic carbocycles. The molecule has 1 heterocycles. The Balaban J connectivity index is 0.000000469. The summed E-state index contributed by atoms with van der Waals surface area (Å²) in [4.78, 5) is 37.8. The fourth-order valence-corrected chi connectivity index (χ4v) is 3.01. The molecule has 2 rings (SSSR count). The Morgan fingerprint density at radius 3 is 2.50 bits per heavy atom. The summed E-state index contributed by atoms with van der Waals surface area (Å²) in [6.45, 7) is 6.58. The number of ether oxygens (including phenoxy) is 2. The Morgan fingerprint density at radius 2 is 1.82 bits per heavy atom. The van der Waals surface area contributed by atoms with Crippen LogP contribution in [-0.2, 0) is 23.9 Å². The van der Waals surface area contributed by atoms with Crippen molar-refractivity contribution in [1.29, 1.82) is 0 Å². The van der Waals surface area contributed by atoms with Gasteiger partial charge in [-0.2, -0.15) is 0 Å². The van der Waals surface area contributed by atoms with Crippen molar-refractivity contribution in [2.24, 2.45) is 11.7 Å². The Kier molecular flexibility index (Phi) is 14.7. The monoisotopic (exact) mass is 495 g/mol. The maximum atomic E-state index is 11.6. The van der Waals surface area contributed by atoms with Crippen LogP contribution in [-0.4, -0.2) is 54.5 Å². The van der Waals surface area contributed by atoms with Gasteiger partial charge < -0.3 is 25.5 Å². The van der Waals surface area contributed by atoms with Crippen molar-refractivity contribution in [2.45, 2.75) is 58.9 Å². The third kappa shape index (κ3) is 12.6. The smallest absolute Gasteiger partial charge is 0.325 e. The number of rotatable bonds is 13. The summed E-state index contributed by atoms with van der Waals surface area (Å²) in [6, 6.07) is 7.47. The second-order valence-electron chi connectivity index (χ2n) is 8.41. The molecule has 1 atom stereocenters. The summed E-state index contributed by atoms with van der Waals surface area (Å²) >= 11 is 5.50. The minimum atomic E-state index is -0.842. The van der Waals surface area contributed by atoms with Gasteiger partial charge in [-0.05, 0) is 50.2 Å². The van der Waals surface area contributed by atoms with Gasteiger partial charge in [0.15, 0.2) is 0 Å². The number of unbranched alkanes of at least 4 members (excludes halogenated alkanes) is 1. The molecule has 1 aromatic heterocycles. The lowest BCUT2D eigenvalue weighted by Gasteiger charge is -2.12. The molecule has 0 saturated carbocycles. The van der Waals surface area contributed by atoms with E-state index in [4.69, 9.17) is 26.8 Å². The summed E-state index contributed by atoms with van der Waals surface area (Å²) in [6.07, 6.45) is 4.47. The predicted molar refractivity (Wildman–Crippen MR) is 135 cm³/mol. The van der Waals surface area contributed by atoms with Gasteiger partial charge in [0.25, 0.3) is 0 Å². The van der Waals surface area contributed by atoms with Crippen LogP contribution < -0.4 is 11.1 Å². The number of nitrogens with two attached hydrogens (primary N) is 1. The zero-order valence-electron chi connectivity index (χ0n) is 20.4. The minimum absolute atomic E-state index is 0.0416. The molecule has 1 amide bonds. The van der Waals surface area contributed by atoms with Crippen molar-refractivity contribution < 1.29 is 23.9 Å². The highest BCUT2D eigenvalue weighted by molar-refractivity contribution is 6.17. The molecule has 4 N–H and O–H groups in total. The molecular weight excluding hydrogens is 458 g/mol. The highest BCUT2D eigenvalue weighted by atomic mass is 35.5. The van der Waals surface area contributed by atoms with E-state index in [-0.39, 0.29) is 31.9 Å². The number of carbonyl (C=O) groups is 3. The first-order valence-corrected chi connectivity index (χ1v) is 12.2. The van der Waals surface area contributed by atoms with E-state index in [1.54, 1.807) is 0 Å². The van der Waals surface area contributed by atoms with Gasteiger partial charge in [0, 0.05) is 29.4 Å². The number of esters is 2. The molecule has 8 nitrogen and oxygen atoms in total. The number of hydrogen-bond donors (Lipinski definition) is 3. The van der Waals surface area contributed by atoms with Crippen LogP contribution in [0, 0.1) is 12.8 Å². The lowest BCUT2D eigenvalue weighted by Crippen LogP contribution is -2.36. The highest BCUT2D eigenvalue weighted by Gasteiger charge is 2.17. The molecule has 0 aliphatic heterocycles. The van der Waals surface area contributed by atoms with Gasteiger partial charge in [0.05, 0.1) is 13.2 Å². The fourth-order valence-electron chi connectivity index (χ4n) is 2.82. The maximum Gasteiger partial charge on any atom is 0.325 e. The standard InChI is InChI=1S/C16H29ClN2O5.C9H9N/c1-12(2)7-10-24-16(22)13(18)5-6-14(20)19-11-15(21)23-9-4-3-8-17;1-7-6-10-9-5-3-2-4-8(7)9/h12-13H,3-11,18H2,1-2H3,(H,19,20);2-6,10H,1H3. The first-order chi connectivity index (χ1) is 16.2. The van der Waals surface area contributed by atoms with Crippen molar-refractivity contribution in [1.82, 2.24) is 10.3 Å². The quantitative estimate of drug-likeness (QED) is 0.220. The Hall–Kier alpha value is -2.58. The Bertz CT molecular complexity index is 884. The molecule has 0 fully saturated rings. The average Bonchev–Trinajstić information content (AvgIpc) is 3.20. The number of fused-ring (bicyclic) bond motifs is 1. The summed E-state index contributed by atoms with van der Waals surface area (Å²) in [5.74, 6) is -0.417. The predicted octanol–water partition coefficient (Wildman–Crippen LogP) is 3.84. The molecule has 2 aromatic rings. The average molecular weight is 496 g/mol. The van der Waals surface area contributed by atoms with Crippen LogP contribution in [0.4, 0.5) is 0 Å². The summed E-state index contributed by atoms with van der Waals surface area (Å²) in [7, 11) is 0. The number of alkyl halides is 1. The highest BCUT2D eigenvalue weighted by Crippen LogP contribution is 2.15. The molecule has 9 heteroatoms. The van der Waals surface area contributed by atoms with Crippen molar-refractivity contribution in [3.05, 3.63) is 36.0 Å². The van der Waals surface area contributed by atoms with E-state index in [1.807, 2.05) is 26.1 Å². The van der Waals surface area contributed by atoms with Crippen LogP contribution in [0.25, 0.3) is 10.9 Å². The summed E-state index contributed by atoms with van der Waals surface area (Å²) in [5, 5.41) is 3.75. The number of H-pyrrole nitrogens is 1. The number of halogens is 1. The molecule has 1 unspecified atom stereocenters. The van der Waals surface area contributed by atoms with Gasteiger partial charge >= 0.3 is 11.9 Å². The second-order valence-corrected chi connectivity index (χ2v) is 8.78. The van der Waals surface area contributed by atoms with Gasteiger partial charge in [-0.15, -0.1) is 11.6 Å².